The van der Waals surface area contributed by atoms with Gasteiger partial charge in [-0.1, -0.05) is 32.0 Å². The van der Waals surface area contributed by atoms with Gasteiger partial charge in [0.15, 0.2) is 5.82 Å². The van der Waals surface area contributed by atoms with E-state index >= 15 is 0 Å². The standard InChI is InChI=1S/C15H21N3O/c1-5-15(4,6-2)14-17-13(18-19-14)9-12-8-7-11(3)16-10-12/h7-8,10H,5-6,9H2,1-4H3. The molecule has 0 aliphatic rings. The molecule has 0 saturated heterocycles. The molecule has 0 amide bonds. The van der Waals surface area contributed by atoms with Gasteiger partial charge < -0.3 is 4.52 Å². The maximum absolute atomic E-state index is 5.43. The Bertz CT molecular complexity index is 527. The Hall–Kier alpha value is -1.71. The van der Waals surface area contributed by atoms with Gasteiger partial charge in [0.2, 0.25) is 5.89 Å². The van der Waals surface area contributed by atoms with Gasteiger partial charge in [-0.2, -0.15) is 4.98 Å². The fourth-order valence-corrected chi connectivity index (χ4v) is 1.91. The molecule has 0 aromatic carbocycles. The molecule has 0 unspecified atom stereocenters. The second kappa shape index (κ2) is 5.51. The number of hydrogen-bond donors (Lipinski definition) is 0. The lowest BCUT2D eigenvalue weighted by Crippen LogP contribution is -2.20. The van der Waals surface area contributed by atoms with Crippen molar-refractivity contribution < 1.29 is 4.52 Å². The van der Waals surface area contributed by atoms with Crippen molar-refractivity contribution in [3.8, 4) is 0 Å². The summed E-state index contributed by atoms with van der Waals surface area (Å²) in [5.41, 5.74) is 2.10. The summed E-state index contributed by atoms with van der Waals surface area (Å²) in [6.45, 7) is 8.44. The molecule has 0 N–H and O–H groups in total. The van der Waals surface area contributed by atoms with Crippen LogP contribution in [-0.4, -0.2) is 15.1 Å². The maximum Gasteiger partial charge on any atom is 0.232 e. The molecule has 4 heteroatoms. The molecule has 4 nitrogen and oxygen atoms in total. The second-order valence-corrected chi connectivity index (χ2v) is 5.27. The van der Waals surface area contributed by atoms with Crippen molar-refractivity contribution in [1.82, 2.24) is 15.1 Å². The van der Waals surface area contributed by atoms with Crippen molar-refractivity contribution in [3.63, 3.8) is 0 Å². The lowest BCUT2D eigenvalue weighted by atomic mass is 9.85. The van der Waals surface area contributed by atoms with Crippen LogP contribution in [0.1, 0.15) is 56.6 Å². The third-order valence-electron chi connectivity index (χ3n) is 3.88. The summed E-state index contributed by atoms with van der Waals surface area (Å²) in [6, 6.07) is 4.05. The average molecular weight is 259 g/mol. The van der Waals surface area contributed by atoms with E-state index in [1.807, 2.05) is 19.2 Å². The zero-order chi connectivity index (χ0) is 13.9. The summed E-state index contributed by atoms with van der Waals surface area (Å²) in [7, 11) is 0. The molecule has 0 spiro atoms. The molecule has 0 aliphatic heterocycles. The molecule has 2 aromatic heterocycles. The Labute approximate surface area is 114 Å². The maximum atomic E-state index is 5.43. The van der Waals surface area contributed by atoms with Gasteiger partial charge >= 0.3 is 0 Å². The molecule has 2 heterocycles. The molecule has 0 fully saturated rings. The van der Waals surface area contributed by atoms with Crippen LogP contribution in [-0.2, 0) is 11.8 Å². The topological polar surface area (TPSA) is 51.8 Å². The van der Waals surface area contributed by atoms with Gasteiger partial charge in [-0.05, 0) is 31.4 Å². The van der Waals surface area contributed by atoms with Crippen molar-refractivity contribution in [2.75, 3.05) is 0 Å². The van der Waals surface area contributed by atoms with Crippen molar-refractivity contribution in [1.29, 1.82) is 0 Å². The van der Waals surface area contributed by atoms with E-state index in [-0.39, 0.29) is 5.41 Å². The summed E-state index contributed by atoms with van der Waals surface area (Å²) in [4.78, 5) is 8.81. The fraction of sp³-hybridized carbons (Fsp3) is 0.533. The van der Waals surface area contributed by atoms with E-state index in [2.05, 4.69) is 42.0 Å². The normalized spacial score (nSPS) is 11.8. The van der Waals surface area contributed by atoms with Crippen LogP contribution in [0.25, 0.3) is 0 Å². The minimum Gasteiger partial charge on any atom is -0.339 e. The monoisotopic (exact) mass is 259 g/mol. The van der Waals surface area contributed by atoms with Gasteiger partial charge in [0.1, 0.15) is 0 Å². The molecule has 0 aliphatic carbocycles. The summed E-state index contributed by atoms with van der Waals surface area (Å²) in [6.07, 6.45) is 4.53. The highest BCUT2D eigenvalue weighted by Crippen LogP contribution is 2.29. The highest BCUT2D eigenvalue weighted by atomic mass is 16.5. The molecular weight excluding hydrogens is 238 g/mol. The van der Waals surface area contributed by atoms with Crippen LogP contribution in [0.15, 0.2) is 22.9 Å². The number of pyridine rings is 1. The molecule has 102 valence electrons. The summed E-state index contributed by atoms with van der Waals surface area (Å²) in [5, 5.41) is 4.08. The first-order chi connectivity index (χ1) is 9.07. The highest BCUT2D eigenvalue weighted by molar-refractivity contribution is 5.17. The molecule has 0 atom stereocenters. The minimum absolute atomic E-state index is 0.0171. The van der Waals surface area contributed by atoms with Crippen LogP contribution in [0, 0.1) is 6.92 Å². The van der Waals surface area contributed by atoms with E-state index in [9.17, 15) is 0 Å². The molecule has 2 aromatic rings. The van der Waals surface area contributed by atoms with Crippen molar-refractivity contribution in [2.24, 2.45) is 0 Å². The predicted molar refractivity (Wildman–Crippen MR) is 74.0 cm³/mol. The summed E-state index contributed by atoms with van der Waals surface area (Å²) in [5.74, 6) is 1.47. The first-order valence-corrected chi connectivity index (χ1v) is 6.82. The third kappa shape index (κ3) is 3.00. The Morgan fingerprint density at radius 2 is 1.95 bits per heavy atom. The van der Waals surface area contributed by atoms with Crippen LogP contribution in [0.5, 0.6) is 0 Å². The van der Waals surface area contributed by atoms with Gasteiger partial charge in [-0.15, -0.1) is 0 Å². The Morgan fingerprint density at radius 1 is 1.21 bits per heavy atom. The number of rotatable bonds is 5. The Morgan fingerprint density at radius 3 is 2.53 bits per heavy atom. The van der Waals surface area contributed by atoms with E-state index in [0.717, 1.165) is 35.8 Å². The second-order valence-electron chi connectivity index (χ2n) is 5.27. The summed E-state index contributed by atoms with van der Waals surface area (Å²) >= 11 is 0. The van der Waals surface area contributed by atoms with Crippen molar-refractivity contribution in [2.45, 2.75) is 52.4 Å². The van der Waals surface area contributed by atoms with Crippen molar-refractivity contribution in [3.05, 3.63) is 41.3 Å². The quantitative estimate of drug-likeness (QED) is 0.825. The number of nitrogens with zero attached hydrogens (tertiary/aromatic N) is 3. The smallest absolute Gasteiger partial charge is 0.232 e. The van der Waals surface area contributed by atoms with Crippen LogP contribution >= 0.6 is 0 Å². The number of aryl methyl sites for hydroxylation is 1. The van der Waals surface area contributed by atoms with E-state index in [0.29, 0.717) is 6.42 Å². The third-order valence-corrected chi connectivity index (χ3v) is 3.88. The van der Waals surface area contributed by atoms with Crippen LogP contribution in [0.4, 0.5) is 0 Å². The van der Waals surface area contributed by atoms with E-state index < -0.39 is 0 Å². The average Bonchev–Trinajstić information content (AvgIpc) is 2.89. The van der Waals surface area contributed by atoms with Crippen LogP contribution < -0.4 is 0 Å². The molecule has 2 rings (SSSR count). The van der Waals surface area contributed by atoms with E-state index in [1.54, 1.807) is 0 Å². The molecular formula is C15H21N3O. The van der Waals surface area contributed by atoms with Gasteiger partial charge in [0.05, 0.1) is 0 Å². The van der Waals surface area contributed by atoms with Crippen LogP contribution in [0.2, 0.25) is 0 Å². The van der Waals surface area contributed by atoms with E-state index in [4.69, 9.17) is 4.52 Å². The lowest BCUT2D eigenvalue weighted by Gasteiger charge is -2.20. The molecule has 19 heavy (non-hydrogen) atoms. The highest BCUT2D eigenvalue weighted by Gasteiger charge is 2.29. The first-order valence-electron chi connectivity index (χ1n) is 6.82. The lowest BCUT2D eigenvalue weighted by molar-refractivity contribution is 0.278. The predicted octanol–water partition coefficient (Wildman–Crippen LogP) is 3.44. The zero-order valence-corrected chi connectivity index (χ0v) is 12.1. The first kappa shape index (κ1) is 13.7. The molecule has 0 saturated carbocycles. The van der Waals surface area contributed by atoms with Crippen LogP contribution in [0.3, 0.4) is 0 Å². The SMILES string of the molecule is CCC(C)(CC)c1nc(Cc2ccc(C)nc2)no1. The minimum atomic E-state index is -0.0171. The fourth-order valence-electron chi connectivity index (χ4n) is 1.91. The molecule has 0 bridgehead atoms. The van der Waals surface area contributed by atoms with Gasteiger partial charge in [-0.25, -0.2) is 0 Å². The van der Waals surface area contributed by atoms with E-state index in [1.165, 1.54) is 0 Å². The zero-order valence-electron chi connectivity index (χ0n) is 12.1. The number of aromatic nitrogens is 3. The number of hydrogen-bond acceptors (Lipinski definition) is 4. The summed E-state index contributed by atoms with van der Waals surface area (Å²) < 4.78 is 5.43. The van der Waals surface area contributed by atoms with Gasteiger partial charge in [0.25, 0.3) is 0 Å². The van der Waals surface area contributed by atoms with Gasteiger partial charge in [0, 0.05) is 23.7 Å². The molecule has 0 radical (unpaired) electrons. The Kier molecular flexibility index (Phi) is 3.98. The largest absolute Gasteiger partial charge is 0.339 e. The van der Waals surface area contributed by atoms with Gasteiger partial charge in [-0.3, -0.25) is 4.98 Å². The Balaban J connectivity index is 2.15. The van der Waals surface area contributed by atoms with Crippen molar-refractivity contribution >= 4 is 0 Å².